The van der Waals surface area contributed by atoms with Gasteiger partial charge < -0.3 is 10.4 Å². The molecule has 0 spiro atoms. The van der Waals surface area contributed by atoms with Crippen LogP contribution >= 0.6 is 0 Å². The van der Waals surface area contributed by atoms with Gasteiger partial charge in [0.25, 0.3) is 0 Å². The number of aliphatic carboxylic acids is 1. The number of amides is 2. The molecule has 0 aromatic heterocycles. The van der Waals surface area contributed by atoms with Crippen LogP contribution in [0.1, 0.15) is 64.9 Å². The number of hydrogen-bond acceptors (Lipinski definition) is 4. The highest BCUT2D eigenvalue weighted by atomic mass is 16.4. The van der Waals surface area contributed by atoms with Crippen LogP contribution in [0.15, 0.2) is 29.3 Å². The lowest BCUT2D eigenvalue weighted by molar-refractivity contribution is -0.139. The lowest BCUT2D eigenvalue weighted by Crippen LogP contribution is -2.54. The summed E-state index contributed by atoms with van der Waals surface area (Å²) in [5.41, 5.74) is 1.15. The van der Waals surface area contributed by atoms with Crippen molar-refractivity contribution in [1.82, 2.24) is 5.32 Å². The van der Waals surface area contributed by atoms with Gasteiger partial charge in [0, 0.05) is 17.8 Å². The number of nitrogens with one attached hydrogen (secondary N) is 1. The number of urea groups is 1. The van der Waals surface area contributed by atoms with Crippen molar-refractivity contribution in [1.29, 1.82) is 0 Å². The third-order valence-electron chi connectivity index (χ3n) is 6.40. The molecule has 30 heavy (non-hydrogen) atoms. The van der Waals surface area contributed by atoms with Crippen LogP contribution in [0.2, 0.25) is 0 Å². The number of carboxylic acids is 1. The number of isocyanates is 1. The fraction of sp³-hybridized carbons (Fsp3) is 0.609. The highest BCUT2D eigenvalue weighted by Gasteiger charge is 2.43. The smallest absolute Gasteiger partial charge is 0.322 e. The average molecular weight is 414 g/mol. The number of nitrogens with zero attached hydrogens (tertiary/aromatic N) is 2. The van der Waals surface area contributed by atoms with Gasteiger partial charge in [0.05, 0.1) is 12.5 Å². The summed E-state index contributed by atoms with van der Waals surface area (Å²) < 4.78 is 0. The summed E-state index contributed by atoms with van der Waals surface area (Å²) >= 11 is 0. The first-order valence-corrected chi connectivity index (χ1v) is 10.5. The summed E-state index contributed by atoms with van der Waals surface area (Å²) in [6.45, 7) is 8.73. The molecule has 4 atom stereocenters. The van der Waals surface area contributed by atoms with E-state index in [1.165, 1.54) is 0 Å². The minimum Gasteiger partial charge on any atom is -0.481 e. The number of benzene rings is 1. The monoisotopic (exact) mass is 413 g/mol. The second-order valence-electron chi connectivity index (χ2n) is 10.0. The summed E-state index contributed by atoms with van der Waals surface area (Å²) in [4.78, 5) is 41.2. The fourth-order valence-electron chi connectivity index (χ4n) is 5.68. The summed E-state index contributed by atoms with van der Waals surface area (Å²) in [7, 11) is 0. The molecule has 1 aromatic rings. The minimum absolute atomic E-state index is 0.00315. The van der Waals surface area contributed by atoms with E-state index in [1.54, 1.807) is 17.0 Å². The Kier molecular flexibility index (Phi) is 6.04. The lowest BCUT2D eigenvalue weighted by Gasteiger charge is -2.47. The van der Waals surface area contributed by atoms with E-state index in [0.717, 1.165) is 19.3 Å². The number of rotatable bonds is 4. The third kappa shape index (κ3) is 4.57. The van der Waals surface area contributed by atoms with E-state index in [9.17, 15) is 19.5 Å². The van der Waals surface area contributed by atoms with Crippen LogP contribution in [-0.4, -0.2) is 41.8 Å². The molecule has 1 aliphatic heterocycles. The van der Waals surface area contributed by atoms with Gasteiger partial charge in [-0.3, -0.25) is 9.69 Å². The Balaban J connectivity index is 1.83. The van der Waals surface area contributed by atoms with Gasteiger partial charge in [0.2, 0.25) is 6.08 Å². The van der Waals surface area contributed by atoms with Crippen LogP contribution in [0.3, 0.4) is 0 Å². The fourth-order valence-corrected chi connectivity index (χ4v) is 5.68. The van der Waals surface area contributed by atoms with Crippen molar-refractivity contribution in [2.75, 3.05) is 11.4 Å². The van der Waals surface area contributed by atoms with E-state index in [-0.39, 0.29) is 28.9 Å². The molecule has 2 amide bonds. The van der Waals surface area contributed by atoms with E-state index in [1.807, 2.05) is 25.1 Å². The van der Waals surface area contributed by atoms with Crippen LogP contribution in [0.4, 0.5) is 10.5 Å². The van der Waals surface area contributed by atoms with Gasteiger partial charge in [-0.2, -0.15) is 0 Å². The molecule has 1 saturated carbocycles. The van der Waals surface area contributed by atoms with E-state index in [0.29, 0.717) is 24.2 Å². The first kappa shape index (κ1) is 22.0. The van der Waals surface area contributed by atoms with Crippen molar-refractivity contribution in [3.63, 3.8) is 0 Å². The van der Waals surface area contributed by atoms with Gasteiger partial charge in [0.1, 0.15) is 0 Å². The zero-order chi connectivity index (χ0) is 22.1. The summed E-state index contributed by atoms with van der Waals surface area (Å²) in [5.74, 6) is -1.48. The Morgan fingerprint density at radius 2 is 1.97 bits per heavy atom. The molecule has 0 radical (unpaired) electrons. The number of aliphatic imine (C=N–C) groups is 1. The van der Waals surface area contributed by atoms with E-state index < -0.39 is 11.9 Å². The van der Waals surface area contributed by atoms with Crippen molar-refractivity contribution < 1.29 is 19.5 Å². The van der Waals surface area contributed by atoms with Crippen LogP contribution < -0.4 is 10.2 Å². The Morgan fingerprint density at radius 3 is 2.63 bits per heavy atom. The van der Waals surface area contributed by atoms with Crippen LogP contribution in [0.5, 0.6) is 0 Å². The Hall–Kier alpha value is -2.66. The number of carbonyl (C=O) groups is 2. The Bertz CT molecular complexity index is 877. The van der Waals surface area contributed by atoms with Gasteiger partial charge in [-0.05, 0) is 55.1 Å². The van der Waals surface area contributed by atoms with Crippen molar-refractivity contribution in [3.8, 4) is 0 Å². The van der Waals surface area contributed by atoms with Crippen LogP contribution in [-0.2, 0) is 9.59 Å². The number of fused-ring (bicyclic) bond motifs is 1. The minimum atomic E-state index is -0.866. The molecule has 4 unspecified atom stereocenters. The standard InChI is InChI=1S/C23H31N3O4/c1-15-9-18(20(28)29)17-7-5-6-8-19(17)26(15)21(30)25-16-10-22(2,3)12-23(4,11-16)13-24-14-27/h5-8,15-16,18H,9-13H2,1-4H3,(H,25,30)(H,28,29). The first-order valence-electron chi connectivity index (χ1n) is 10.5. The van der Waals surface area contributed by atoms with Crippen molar-refractivity contribution in [2.24, 2.45) is 15.8 Å². The van der Waals surface area contributed by atoms with Crippen molar-refractivity contribution >= 4 is 23.8 Å². The van der Waals surface area contributed by atoms with Crippen LogP contribution in [0, 0.1) is 10.8 Å². The second-order valence-corrected chi connectivity index (χ2v) is 10.0. The molecule has 7 heteroatoms. The maximum atomic E-state index is 13.3. The maximum Gasteiger partial charge on any atom is 0.322 e. The number of anilines is 1. The highest BCUT2D eigenvalue weighted by molar-refractivity contribution is 5.96. The van der Waals surface area contributed by atoms with E-state index in [2.05, 4.69) is 31.1 Å². The summed E-state index contributed by atoms with van der Waals surface area (Å²) in [6, 6.07) is 6.75. The number of carbonyl (C=O) groups excluding carboxylic acids is 2. The summed E-state index contributed by atoms with van der Waals surface area (Å²) in [6.07, 6.45) is 4.50. The highest BCUT2D eigenvalue weighted by Crippen LogP contribution is 2.46. The predicted molar refractivity (Wildman–Crippen MR) is 114 cm³/mol. The van der Waals surface area contributed by atoms with E-state index >= 15 is 0 Å². The SMILES string of the molecule is CC1CC(C(=O)O)c2ccccc2N1C(=O)NC1CC(C)(C)CC(C)(CN=C=O)C1. The third-order valence-corrected chi connectivity index (χ3v) is 6.40. The average Bonchev–Trinajstić information content (AvgIpc) is 2.63. The van der Waals surface area contributed by atoms with Gasteiger partial charge in [-0.25, -0.2) is 14.6 Å². The van der Waals surface area contributed by atoms with Crippen molar-refractivity contribution in [2.45, 2.75) is 71.4 Å². The molecule has 1 heterocycles. The molecule has 1 fully saturated rings. The predicted octanol–water partition coefficient (Wildman–Crippen LogP) is 4.08. The van der Waals surface area contributed by atoms with Gasteiger partial charge in [0.15, 0.2) is 0 Å². The Morgan fingerprint density at radius 1 is 1.27 bits per heavy atom. The molecule has 0 saturated heterocycles. The molecular formula is C23H31N3O4. The van der Waals surface area contributed by atoms with Crippen LogP contribution in [0.25, 0.3) is 0 Å². The molecule has 2 N–H and O–H groups in total. The molecule has 162 valence electrons. The zero-order valence-corrected chi connectivity index (χ0v) is 18.1. The molecule has 3 rings (SSSR count). The largest absolute Gasteiger partial charge is 0.481 e. The van der Waals surface area contributed by atoms with Gasteiger partial charge in [-0.15, -0.1) is 0 Å². The lowest BCUT2D eigenvalue weighted by atomic mass is 9.62. The number of hydrogen-bond donors (Lipinski definition) is 2. The summed E-state index contributed by atoms with van der Waals surface area (Å²) in [5, 5.41) is 12.8. The van der Waals surface area contributed by atoms with E-state index in [4.69, 9.17) is 0 Å². The quantitative estimate of drug-likeness (QED) is 0.574. The van der Waals surface area contributed by atoms with Crippen molar-refractivity contribution in [3.05, 3.63) is 29.8 Å². The first-order chi connectivity index (χ1) is 14.1. The molecule has 1 aromatic carbocycles. The number of carboxylic acid groups (broad SMARTS) is 1. The number of para-hydroxylation sites is 1. The van der Waals surface area contributed by atoms with Gasteiger partial charge >= 0.3 is 12.0 Å². The van der Waals surface area contributed by atoms with Gasteiger partial charge in [-0.1, -0.05) is 39.0 Å². The molecular weight excluding hydrogens is 382 g/mol. The Labute approximate surface area is 177 Å². The topological polar surface area (TPSA) is 99.1 Å². The zero-order valence-electron chi connectivity index (χ0n) is 18.1. The molecule has 0 bridgehead atoms. The molecule has 7 nitrogen and oxygen atoms in total. The maximum absolute atomic E-state index is 13.3. The normalized spacial score (nSPS) is 30.0. The molecule has 2 aliphatic rings. The second kappa shape index (κ2) is 8.23. The molecule has 1 aliphatic carbocycles.